The van der Waals surface area contributed by atoms with Crippen molar-refractivity contribution in [1.82, 2.24) is 10.2 Å². The van der Waals surface area contributed by atoms with Gasteiger partial charge in [-0.3, -0.25) is 14.5 Å². The summed E-state index contributed by atoms with van der Waals surface area (Å²) in [5.41, 5.74) is 0. The number of carbonyl (C=O) groups excluding carboxylic acids is 2. The number of piperidine rings is 1. The van der Waals surface area contributed by atoms with Gasteiger partial charge in [0.15, 0.2) is 0 Å². The zero-order valence-electron chi connectivity index (χ0n) is 9.75. The molecule has 86 valence electrons. The van der Waals surface area contributed by atoms with Crippen LogP contribution in [0.3, 0.4) is 0 Å². The first-order valence-electron chi connectivity index (χ1n) is 5.58. The highest BCUT2D eigenvalue weighted by Gasteiger charge is 2.30. The standard InChI is InChI=1S/C11H20N2O2/c1-4-9-7-13(6-5-10(9)14)8(2)11(15)12-3/h8-9H,4-7H2,1-3H3,(H,12,15). The van der Waals surface area contributed by atoms with Crippen molar-refractivity contribution in [2.45, 2.75) is 32.7 Å². The number of rotatable bonds is 3. The van der Waals surface area contributed by atoms with Gasteiger partial charge < -0.3 is 5.32 Å². The Kier molecular flexibility index (Phi) is 4.27. The Morgan fingerprint density at radius 3 is 2.87 bits per heavy atom. The van der Waals surface area contributed by atoms with Crippen molar-refractivity contribution in [1.29, 1.82) is 0 Å². The van der Waals surface area contributed by atoms with Crippen molar-refractivity contribution in [3.8, 4) is 0 Å². The van der Waals surface area contributed by atoms with Crippen LogP contribution in [0.1, 0.15) is 26.7 Å². The van der Waals surface area contributed by atoms with E-state index in [1.807, 2.05) is 13.8 Å². The maximum absolute atomic E-state index is 11.5. The van der Waals surface area contributed by atoms with E-state index in [2.05, 4.69) is 10.2 Å². The Morgan fingerprint density at radius 1 is 1.67 bits per heavy atom. The van der Waals surface area contributed by atoms with E-state index in [-0.39, 0.29) is 17.9 Å². The lowest BCUT2D eigenvalue weighted by Crippen LogP contribution is -2.50. The SMILES string of the molecule is CCC1CN(C(C)C(=O)NC)CCC1=O. The summed E-state index contributed by atoms with van der Waals surface area (Å²) in [4.78, 5) is 25.0. The summed E-state index contributed by atoms with van der Waals surface area (Å²) in [6.45, 7) is 5.35. The fourth-order valence-corrected chi connectivity index (χ4v) is 2.02. The van der Waals surface area contributed by atoms with Crippen LogP contribution in [0.25, 0.3) is 0 Å². The molecule has 1 amide bonds. The quantitative estimate of drug-likeness (QED) is 0.737. The molecule has 0 aliphatic carbocycles. The van der Waals surface area contributed by atoms with E-state index < -0.39 is 0 Å². The van der Waals surface area contributed by atoms with Crippen molar-refractivity contribution in [3.05, 3.63) is 0 Å². The van der Waals surface area contributed by atoms with Gasteiger partial charge in [0.1, 0.15) is 5.78 Å². The van der Waals surface area contributed by atoms with E-state index in [1.165, 1.54) is 0 Å². The molecule has 1 N–H and O–H groups in total. The average Bonchev–Trinajstić information content (AvgIpc) is 2.27. The molecule has 1 heterocycles. The van der Waals surface area contributed by atoms with Gasteiger partial charge in [0.2, 0.25) is 5.91 Å². The molecule has 1 saturated heterocycles. The molecule has 1 aliphatic rings. The van der Waals surface area contributed by atoms with Gasteiger partial charge in [-0.05, 0) is 13.3 Å². The van der Waals surface area contributed by atoms with Crippen LogP contribution >= 0.6 is 0 Å². The first-order chi connectivity index (χ1) is 7.10. The van der Waals surface area contributed by atoms with Crippen molar-refractivity contribution >= 4 is 11.7 Å². The van der Waals surface area contributed by atoms with Crippen molar-refractivity contribution in [2.24, 2.45) is 5.92 Å². The smallest absolute Gasteiger partial charge is 0.236 e. The Labute approximate surface area is 91.0 Å². The summed E-state index contributed by atoms with van der Waals surface area (Å²) in [7, 11) is 1.64. The van der Waals surface area contributed by atoms with E-state index in [9.17, 15) is 9.59 Å². The van der Waals surface area contributed by atoms with Crippen LogP contribution in [0.5, 0.6) is 0 Å². The zero-order chi connectivity index (χ0) is 11.4. The molecule has 0 radical (unpaired) electrons. The Bertz CT molecular complexity index is 253. The van der Waals surface area contributed by atoms with Gasteiger partial charge >= 0.3 is 0 Å². The number of likely N-dealkylation sites (N-methyl/N-ethyl adjacent to an activating group) is 1. The molecule has 2 unspecified atom stereocenters. The van der Waals surface area contributed by atoms with E-state index >= 15 is 0 Å². The largest absolute Gasteiger partial charge is 0.358 e. The number of ketones is 1. The van der Waals surface area contributed by atoms with Crippen LogP contribution in [-0.2, 0) is 9.59 Å². The highest BCUT2D eigenvalue weighted by molar-refractivity contribution is 5.84. The van der Waals surface area contributed by atoms with Gasteiger partial charge in [0.05, 0.1) is 6.04 Å². The zero-order valence-corrected chi connectivity index (χ0v) is 9.75. The van der Waals surface area contributed by atoms with E-state index in [1.54, 1.807) is 7.05 Å². The van der Waals surface area contributed by atoms with Crippen LogP contribution < -0.4 is 5.32 Å². The summed E-state index contributed by atoms with van der Waals surface area (Å²) in [6, 6.07) is -0.128. The third-order valence-corrected chi connectivity index (χ3v) is 3.22. The molecule has 1 aliphatic heterocycles. The van der Waals surface area contributed by atoms with Crippen molar-refractivity contribution < 1.29 is 9.59 Å². The summed E-state index contributed by atoms with van der Waals surface area (Å²) in [6.07, 6.45) is 1.45. The van der Waals surface area contributed by atoms with Crippen LogP contribution in [0.4, 0.5) is 0 Å². The van der Waals surface area contributed by atoms with Crippen LogP contribution in [-0.4, -0.2) is 42.8 Å². The second kappa shape index (κ2) is 5.26. The summed E-state index contributed by atoms with van der Waals surface area (Å²) in [5, 5.41) is 2.64. The van der Waals surface area contributed by atoms with E-state index in [0.717, 1.165) is 13.0 Å². The fourth-order valence-electron chi connectivity index (χ4n) is 2.02. The summed E-state index contributed by atoms with van der Waals surface area (Å²) < 4.78 is 0. The van der Waals surface area contributed by atoms with Gasteiger partial charge in [-0.25, -0.2) is 0 Å². The number of amides is 1. The second-order valence-electron chi connectivity index (χ2n) is 4.11. The normalized spacial score (nSPS) is 25.0. The maximum atomic E-state index is 11.5. The van der Waals surface area contributed by atoms with Gasteiger partial charge in [-0.15, -0.1) is 0 Å². The maximum Gasteiger partial charge on any atom is 0.236 e. The number of Topliss-reactive ketones (excluding diaryl/α,β-unsaturated/α-hetero) is 1. The number of hydrogen-bond acceptors (Lipinski definition) is 3. The molecule has 0 aromatic carbocycles. The third kappa shape index (κ3) is 2.78. The number of hydrogen-bond donors (Lipinski definition) is 1. The predicted molar refractivity (Wildman–Crippen MR) is 58.5 cm³/mol. The molecule has 0 bridgehead atoms. The minimum absolute atomic E-state index is 0.0270. The number of carbonyl (C=O) groups is 2. The molecule has 2 atom stereocenters. The number of nitrogens with one attached hydrogen (secondary N) is 1. The van der Waals surface area contributed by atoms with Crippen LogP contribution in [0.15, 0.2) is 0 Å². The fraction of sp³-hybridized carbons (Fsp3) is 0.818. The molecule has 0 aromatic rings. The first-order valence-corrected chi connectivity index (χ1v) is 5.58. The second-order valence-corrected chi connectivity index (χ2v) is 4.11. The predicted octanol–water partition coefficient (Wildman–Crippen LogP) is 0.422. The van der Waals surface area contributed by atoms with Crippen molar-refractivity contribution in [2.75, 3.05) is 20.1 Å². The molecule has 15 heavy (non-hydrogen) atoms. The molecule has 4 nitrogen and oxygen atoms in total. The lowest BCUT2D eigenvalue weighted by Gasteiger charge is -2.34. The summed E-state index contributed by atoms with van der Waals surface area (Å²) in [5.74, 6) is 0.489. The van der Waals surface area contributed by atoms with Gasteiger partial charge in [0.25, 0.3) is 0 Å². The minimum Gasteiger partial charge on any atom is -0.358 e. The first kappa shape index (κ1) is 12.2. The topological polar surface area (TPSA) is 49.4 Å². The lowest BCUT2D eigenvalue weighted by molar-refractivity contribution is -0.132. The van der Waals surface area contributed by atoms with Crippen molar-refractivity contribution in [3.63, 3.8) is 0 Å². The Morgan fingerprint density at radius 2 is 2.33 bits per heavy atom. The molecular weight excluding hydrogens is 192 g/mol. The lowest BCUT2D eigenvalue weighted by atomic mass is 9.93. The van der Waals surface area contributed by atoms with E-state index in [4.69, 9.17) is 0 Å². The van der Waals surface area contributed by atoms with Crippen LogP contribution in [0.2, 0.25) is 0 Å². The molecule has 1 fully saturated rings. The Hall–Kier alpha value is -0.900. The highest BCUT2D eigenvalue weighted by Crippen LogP contribution is 2.17. The van der Waals surface area contributed by atoms with E-state index in [0.29, 0.717) is 18.7 Å². The Balaban J connectivity index is 2.57. The summed E-state index contributed by atoms with van der Waals surface area (Å²) >= 11 is 0. The monoisotopic (exact) mass is 212 g/mol. The molecule has 1 rings (SSSR count). The minimum atomic E-state index is -0.128. The number of likely N-dealkylation sites (tertiary alicyclic amines) is 1. The highest BCUT2D eigenvalue weighted by atomic mass is 16.2. The molecule has 0 saturated carbocycles. The average molecular weight is 212 g/mol. The molecule has 4 heteroatoms. The molecular formula is C11H20N2O2. The number of nitrogens with zero attached hydrogens (tertiary/aromatic N) is 1. The molecule has 0 spiro atoms. The molecule has 0 aromatic heterocycles. The van der Waals surface area contributed by atoms with Gasteiger partial charge in [-0.2, -0.15) is 0 Å². The van der Waals surface area contributed by atoms with Crippen LogP contribution in [0, 0.1) is 5.92 Å². The third-order valence-electron chi connectivity index (χ3n) is 3.22. The van der Waals surface area contributed by atoms with Gasteiger partial charge in [0, 0.05) is 32.5 Å². The van der Waals surface area contributed by atoms with Gasteiger partial charge in [-0.1, -0.05) is 6.92 Å².